The van der Waals surface area contributed by atoms with E-state index >= 15 is 0 Å². The zero-order valence-electron chi connectivity index (χ0n) is 14.0. The van der Waals surface area contributed by atoms with Crippen molar-refractivity contribution in [1.82, 2.24) is 30.2 Å². The maximum absolute atomic E-state index is 4.59. The molecular formula is C18H18N6S. The highest BCUT2D eigenvalue weighted by Crippen LogP contribution is 2.23. The van der Waals surface area contributed by atoms with Gasteiger partial charge in [-0.25, -0.2) is 4.98 Å². The largest absolute Gasteiger partial charge is 0.341 e. The summed E-state index contributed by atoms with van der Waals surface area (Å²) >= 11 is 1.56. The molecular weight excluding hydrogens is 332 g/mol. The molecule has 4 rings (SSSR count). The highest BCUT2D eigenvalue weighted by atomic mass is 32.2. The monoisotopic (exact) mass is 350 g/mol. The molecule has 0 saturated carbocycles. The molecule has 0 aliphatic carbocycles. The second-order valence-electron chi connectivity index (χ2n) is 6.11. The third-order valence-corrected chi connectivity index (χ3v) is 4.95. The van der Waals surface area contributed by atoms with Crippen molar-refractivity contribution in [3.05, 3.63) is 59.9 Å². The van der Waals surface area contributed by atoms with Crippen LogP contribution in [0.1, 0.15) is 31.2 Å². The Bertz CT molecular complexity index is 953. The summed E-state index contributed by atoms with van der Waals surface area (Å²) < 4.78 is 1.76. The molecule has 0 bridgehead atoms. The van der Waals surface area contributed by atoms with Gasteiger partial charge in [-0.2, -0.15) is 4.68 Å². The number of aromatic amines is 1. The smallest absolute Gasteiger partial charge is 0.214 e. The summed E-state index contributed by atoms with van der Waals surface area (Å²) in [5, 5.41) is 12.8. The van der Waals surface area contributed by atoms with Gasteiger partial charge in [-0.05, 0) is 46.2 Å². The van der Waals surface area contributed by atoms with Gasteiger partial charge in [0.15, 0.2) is 0 Å². The number of rotatable bonds is 5. The molecule has 0 atom stereocenters. The van der Waals surface area contributed by atoms with Crippen LogP contribution < -0.4 is 0 Å². The van der Waals surface area contributed by atoms with Gasteiger partial charge in [0.1, 0.15) is 5.82 Å². The summed E-state index contributed by atoms with van der Waals surface area (Å²) in [6, 6.07) is 16.4. The first-order valence-electron chi connectivity index (χ1n) is 8.16. The maximum atomic E-state index is 4.59. The van der Waals surface area contributed by atoms with Gasteiger partial charge in [0, 0.05) is 0 Å². The number of hydrogen-bond donors (Lipinski definition) is 1. The third-order valence-electron chi connectivity index (χ3n) is 4.02. The van der Waals surface area contributed by atoms with Crippen LogP contribution in [0.25, 0.3) is 16.7 Å². The number of hydrogen-bond acceptors (Lipinski definition) is 5. The Labute approximate surface area is 149 Å². The molecule has 6 nitrogen and oxygen atoms in total. The Morgan fingerprint density at radius 1 is 1.08 bits per heavy atom. The minimum atomic E-state index is 0.504. The first-order chi connectivity index (χ1) is 12.2. The maximum Gasteiger partial charge on any atom is 0.214 e. The van der Waals surface area contributed by atoms with Crippen LogP contribution in [0.3, 0.4) is 0 Å². The molecule has 2 aromatic heterocycles. The average molecular weight is 350 g/mol. The number of tetrazole rings is 1. The molecule has 2 aromatic carbocycles. The van der Waals surface area contributed by atoms with Crippen LogP contribution in [0, 0.1) is 0 Å². The van der Waals surface area contributed by atoms with Crippen molar-refractivity contribution in [3.8, 4) is 5.69 Å². The lowest BCUT2D eigenvalue weighted by Gasteiger charge is -2.07. The van der Waals surface area contributed by atoms with E-state index in [-0.39, 0.29) is 0 Å². The number of aromatic nitrogens is 6. The molecule has 2 heterocycles. The number of para-hydroxylation sites is 2. The van der Waals surface area contributed by atoms with Crippen molar-refractivity contribution in [2.24, 2.45) is 0 Å². The van der Waals surface area contributed by atoms with Gasteiger partial charge in [-0.3, -0.25) is 0 Å². The molecule has 25 heavy (non-hydrogen) atoms. The number of imidazole rings is 1. The second kappa shape index (κ2) is 6.68. The Kier molecular flexibility index (Phi) is 4.23. The fourth-order valence-corrected chi connectivity index (χ4v) is 3.40. The Morgan fingerprint density at radius 2 is 1.88 bits per heavy atom. The van der Waals surface area contributed by atoms with E-state index in [1.54, 1.807) is 16.4 Å². The summed E-state index contributed by atoms with van der Waals surface area (Å²) in [4.78, 5) is 7.92. The number of H-pyrrole nitrogens is 1. The molecule has 0 aliphatic heterocycles. The third kappa shape index (κ3) is 3.28. The lowest BCUT2D eigenvalue weighted by Crippen LogP contribution is -2.00. The summed E-state index contributed by atoms with van der Waals surface area (Å²) in [5.41, 5.74) is 4.28. The van der Waals surface area contributed by atoms with E-state index in [0.717, 1.165) is 27.7 Å². The summed E-state index contributed by atoms with van der Waals surface area (Å²) in [7, 11) is 0. The molecule has 0 saturated heterocycles. The van der Waals surface area contributed by atoms with Crippen molar-refractivity contribution >= 4 is 22.8 Å². The minimum Gasteiger partial charge on any atom is -0.341 e. The molecule has 4 aromatic rings. The minimum absolute atomic E-state index is 0.504. The molecule has 1 N–H and O–H groups in total. The summed E-state index contributed by atoms with van der Waals surface area (Å²) in [6.45, 7) is 4.36. The second-order valence-corrected chi connectivity index (χ2v) is 7.05. The molecule has 0 unspecified atom stereocenters. The van der Waals surface area contributed by atoms with E-state index in [9.17, 15) is 0 Å². The number of nitrogens with zero attached hydrogens (tertiary/aromatic N) is 5. The first kappa shape index (κ1) is 15.8. The molecule has 0 spiro atoms. The van der Waals surface area contributed by atoms with Crippen molar-refractivity contribution in [3.63, 3.8) is 0 Å². The number of thioether (sulfide) groups is 1. The number of nitrogens with one attached hydrogen (secondary N) is 1. The van der Waals surface area contributed by atoms with Gasteiger partial charge < -0.3 is 4.98 Å². The molecule has 7 heteroatoms. The van der Waals surface area contributed by atoms with Crippen LogP contribution in [-0.4, -0.2) is 30.2 Å². The van der Waals surface area contributed by atoms with Gasteiger partial charge in [0.2, 0.25) is 5.16 Å². The van der Waals surface area contributed by atoms with E-state index in [1.165, 1.54) is 5.56 Å². The Balaban J connectivity index is 1.53. The highest BCUT2D eigenvalue weighted by Gasteiger charge is 2.11. The van der Waals surface area contributed by atoms with Crippen molar-refractivity contribution in [2.75, 3.05) is 0 Å². The fourth-order valence-electron chi connectivity index (χ4n) is 2.64. The Morgan fingerprint density at radius 3 is 2.64 bits per heavy atom. The van der Waals surface area contributed by atoms with Crippen molar-refractivity contribution < 1.29 is 0 Å². The van der Waals surface area contributed by atoms with Gasteiger partial charge in [0.05, 0.1) is 22.5 Å². The SMILES string of the molecule is CC(C)c1ccc(-n2nnnc2SCc2nc3ccccc3[nH]2)cc1. The van der Waals surface area contributed by atoms with E-state index in [0.29, 0.717) is 11.7 Å². The average Bonchev–Trinajstić information content (AvgIpc) is 3.26. The lowest BCUT2D eigenvalue weighted by atomic mass is 10.0. The standard InChI is InChI=1S/C18H18N6S/c1-12(2)13-7-9-14(10-8-13)24-18(21-22-23-24)25-11-17-19-15-5-3-4-6-16(15)20-17/h3-10,12H,11H2,1-2H3,(H,19,20). The van der Waals surface area contributed by atoms with Gasteiger partial charge in [0.25, 0.3) is 0 Å². The molecule has 0 amide bonds. The van der Waals surface area contributed by atoms with Crippen molar-refractivity contribution in [1.29, 1.82) is 0 Å². The van der Waals surface area contributed by atoms with Crippen LogP contribution in [0.4, 0.5) is 0 Å². The van der Waals surface area contributed by atoms with Crippen molar-refractivity contribution in [2.45, 2.75) is 30.7 Å². The summed E-state index contributed by atoms with van der Waals surface area (Å²) in [6.07, 6.45) is 0. The topological polar surface area (TPSA) is 72.3 Å². The van der Waals surface area contributed by atoms with E-state index in [4.69, 9.17) is 0 Å². The zero-order chi connectivity index (χ0) is 17.2. The Hall–Kier alpha value is -2.67. The van der Waals surface area contributed by atoms with Gasteiger partial charge in [-0.15, -0.1) is 5.10 Å². The first-order valence-corrected chi connectivity index (χ1v) is 9.14. The number of benzene rings is 2. The van der Waals surface area contributed by atoms with Crippen LogP contribution in [0.2, 0.25) is 0 Å². The van der Waals surface area contributed by atoms with Crippen LogP contribution in [0.5, 0.6) is 0 Å². The zero-order valence-corrected chi connectivity index (χ0v) is 14.9. The van der Waals surface area contributed by atoms with Crippen LogP contribution >= 0.6 is 11.8 Å². The van der Waals surface area contributed by atoms with Gasteiger partial charge in [-0.1, -0.05) is 49.9 Å². The number of fused-ring (bicyclic) bond motifs is 1. The van der Waals surface area contributed by atoms with Crippen LogP contribution in [-0.2, 0) is 5.75 Å². The predicted molar refractivity (Wildman–Crippen MR) is 98.9 cm³/mol. The van der Waals surface area contributed by atoms with Gasteiger partial charge >= 0.3 is 0 Å². The van der Waals surface area contributed by atoms with E-state index < -0.39 is 0 Å². The highest BCUT2D eigenvalue weighted by molar-refractivity contribution is 7.98. The quantitative estimate of drug-likeness (QED) is 0.552. The fraction of sp³-hybridized carbons (Fsp3) is 0.222. The van der Waals surface area contributed by atoms with E-state index in [2.05, 4.69) is 63.6 Å². The lowest BCUT2D eigenvalue weighted by molar-refractivity contribution is 0.754. The normalized spacial score (nSPS) is 11.5. The predicted octanol–water partition coefficient (Wildman–Crippen LogP) is 3.95. The van der Waals surface area contributed by atoms with Crippen LogP contribution in [0.15, 0.2) is 53.7 Å². The molecule has 0 radical (unpaired) electrons. The molecule has 0 fully saturated rings. The van der Waals surface area contributed by atoms with E-state index in [1.807, 2.05) is 24.3 Å². The molecule has 126 valence electrons. The summed E-state index contributed by atoms with van der Waals surface area (Å²) in [5.74, 6) is 2.10. The molecule has 0 aliphatic rings.